The van der Waals surface area contributed by atoms with Crippen molar-refractivity contribution in [2.24, 2.45) is 0 Å². The van der Waals surface area contributed by atoms with Gasteiger partial charge in [0.25, 0.3) is 5.91 Å². The highest BCUT2D eigenvalue weighted by atomic mass is 35.5. The zero-order valence-corrected chi connectivity index (χ0v) is 19.7. The van der Waals surface area contributed by atoms with Crippen molar-refractivity contribution < 1.29 is 19.1 Å². The van der Waals surface area contributed by atoms with Crippen LogP contribution in [0.5, 0.6) is 5.75 Å². The van der Waals surface area contributed by atoms with Crippen LogP contribution < -0.4 is 10.1 Å². The molecule has 1 unspecified atom stereocenters. The van der Waals surface area contributed by atoms with E-state index in [9.17, 15) is 9.59 Å². The van der Waals surface area contributed by atoms with Crippen LogP contribution in [0.1, 0.15) is 62.6 Å². The molecule has 0 bridgehead atoms. The molecule has 0 aliphatic rings. The molecule has 32 heavy (non-hydrogen) atoms. The summed E-state index contributed by atoms with van der Waals surface area (Å²) < 4.78 is 12.5. The summed E-state index contributed by atoms with van der Waals surface area (Å²) in [7, 11) is 1.49. The first-order valence-electron chi connectivity index (χ1n) is 10.4. The van der Waals surface area contributed by atoms with E-state index in [1.54, 1.807) is 35.1 Å². The van der Waals surface area contributed by atoms with E-state index in [-0.39, 0.29) is 12.0 Å². The van der Waals surface area contributed by atoms with Gasteiger partial charge in [-0.15, -0.1) is 0 Å². The van der Waals surface area contributed by atoms with Gasteiger partial charge in [0.05, 0.1) is 29.9 Å². The van der Waals surface area contributed by atoms with Crippen molar-refractivity contribution in [2.75, 3.05) is 12.4 Å². The highest BCUT2D eigenvalue weighted by Crippen LogP contribution is 2.28. The number of nitrogens with one attached hydrogen (secondary N) is 1. The summed E-state index contributed by atoms with van der Waals surface area (Å²) >= 11 is 6.02. The molecule has 0 saturated heterocycles. The summed E-state index contributed by atoms with van der Waals surface area (Å²) in [5.74, 6) is -0.591. The Kier molecular flexibility index (Phi) is 7.03. The van der Waals surface area contributed by atoms with Gasteiger partial charge in [0, 0.05) is 16.8 Å². The Bertz CT molecular complexity index is 1160. The minimum atomic E-state index is -1.06. The number of amides is 1. The summed E-state index contributed by atoms with van der Waals surface area (Å²) in [5.41, 5.74) is 2.07. The Hall–Kier alpha value is -3.13. The molecular formula is C23H27ClN4O4. The monoisotopic (exact) mass is 458 g/mol. The summed E-state index contributed by atoms with van der Waals surface area (Å²) in [5, 5.41) is 8.09. The van der Waals surface area contributed by atoms with Gasteiger partial charge < -0.3 is 14.8 Å². The lowest BCUT2D eigenvalue weighted by atomic mass is 10.1. The Morgan fingerprint density at radius 1 is 1.12 bits per heavy atom. The van der Waals surface area contributed by atoms with Crippen molar-refractivity contribution in [3.63, 3.8) is 0 Å². The number of benzene rings is 1. The van der Waals surface area contributed by atoms with Gasteiger partial charge >= 0.3 is 5.97 Å². The number of esters is 1. The second kappa shape index (κ2) is 9.56. The average Bonchev–Trinajstić information content (AvgIpc) is 3.17. The number of ether oxygens (including phenoxy) is 2. The normalized spacial score (nSPS) is 12.3. The number of fused-ring (bicyclic) bond motifs is 1. The summed E-state index contributed by atoms with van der Waals surface area (Å²) in [6.45, 7) is 9.47. The molecule has 0 saturated carbocycles. The van der Waals surface area contributed by atoms with Crippen molar-refractivity contribution in [1.29, 1.82) is 0 Å². The van der Waals surface area contributed by atoms with Gasteiger partial charge in [0.15, 0.2) is 11.8 Å². The lowest BCUT2D eigenvalue weighted by molar-refractivity contribution is -0.123. The predicted molar refractivity (Wildman–Crippen MR) is 124 cm³/mol. The van der Waals surface area contributed by atoms with Crippen LogP contribution in [-0.2, 0) is 9.53 Å². The van der Waals surface area contributed by atoms with E-state index in [0.717, 1.165) is 5.69 Å². The van der Waals surface area contributed by atoms with Crippen LogP contribution in [0.3, 0.4) is 0 Å². The zero-order valence-electron chi connectivity index (χ0n) is 19.0. The van der Waals surface area contributed by atoms with Crippen LogP contribution in [0.15, 0.2) is 30.5 Å². The Morgan fingerprint density at radius 3 is 2.47 bits per heavy atom. The minimum Gasteiger partial charge on any atom is -0.495 e. The highest BCUT2D eigenvalue weighted by Gasteiger charge is 2.24. The molecule has 1 atom stereocenters. The number of anilines is 1. The molecule has 0 spiro atoms. The first kappa shape index (κ1) is 23.5. The molecule has 170 valence electrons. The maximum absolute atomic E-state index is 13.0. The van der Waals surface area contributed by atoms with Crippen molar-refractivity contribution >= 4 is 40.2 Å². The third-order valence-corrected chi connectivity index (χ3v) is 5.19. The van der Waals surface area contributed by atoms with Crippen molar-refractivity contribution in [3.05, 3.63) is 46.7 Å². The maximum atomic E-state index is 13.0. The standard InChI is InChI=1S/C23H27ClN4O4/c1-12(2)18-10-16(17-11-25-28(13(3)4)21(17)26-18)23(30)32-14(5)22(29)27-19-9-15(24)7-8-20(19)31-6/h7-14H,1-6H3,(H,27,29). The number of hydrogen-bond acceptors (Lipinski definition) is 6. The van der Waals surface area contributed by atoms with Gasteiger partial charge in [-0.3, -0.25) is 4.79 Å². The molecular weight excluding hydrogens is 432 g/mol. The van der Waals surface area contributed by atoms with Crippen LogP contribution in [-0.4, -0.2) is 39.9 Å². The quantitative estimate of drug-likeness (QED) is 0.501. The molecule has 2 aromatic heterocycles. The summed E-state index contributed by atoms with van der Waals surface area (Å²) in [6.07, 6.45) is 0.543. The fraction of sp³-hybridized carbons (Fsp3) is 0.391. The van der Waals surface area contributed by atoms with Crippen LogP contribution in [0.2, 0.25) is 5.02 Å². The Morgan fingerprint density at radius 2 is 1.84 bits per heavy atom. The fourth-order valence-corrected chi connectivity index (χ4v) is 3.34. The van der Waals surface area contributed by atoms with Crippen molar-refractivity contribution in [3.8, 4) is 5.75 Å². The molecule has 2 heterocycles. The first-order chi connectivity index (χ1) is 15.1. The lowest BCUT2D eigenvalue weighted by Gasteiger charge is -2.16. The van der Waals surface area contributed by atoms with E-state index in [1.165, 1.54) is 14.0 Å². The molecule has 1 aromatic carbocycles. The molecule has 9 heteroatoms. The molecule has 3 aromatic rings. The van der Waals surface area contributed by atoms with Crippen LogP contribution in [0.4, 0.5) is 5.69 Å². The van der Waals surface area contributed by atoms with Gasteiger partial charge in [-0.2, -0.15) is 5.10 Å². The highest BCUT2D eigenvalue weighted by molar-refractivity contribution is 6.31. The van der Waals surface area contributed by atoms with Crippen molar-refractivity contribution in [1.82, 2.24) is 14.8 Å². The van der Waals surface area contributed by atoms with E-state index < -0.39 is 18.0 Å². The Balaban J connectivity index is 1.86. The lowest BCUT2D eigenvalue weighted by Crippen LogP contribution is -2.30. The van der Waals surface area contributed by atoms with Gasteiger partial charge in [0.2, 0.25) is 0 Å². The van der Waals surface area contributed by atoms with E-state index >= 15 is 0 Å². The number of rotatable bonds is 7. The summed E-state index contributed by atoms with van der Waals surface area (Å²) in [4.78, 5) is 30.4. The van der Waals surface area contributed by atoms with E-state index in [4.69, 9.17) is 21.1 Å². The topological polar surface area (TPSA) is 95.3 Å². The van der Waals surface area contributed by atoms with Gasteiger partial charge in [0.1, 0.15) is 5.75 Å². The molecule has 0 aliphatic carbocycles. The second-order valence-electron chi connectivity index (χ2n) is 8.05. The molecule has 8 nitrogen and oxygen atoms in total. The minimum absolute atomic E-state index is 0.0728. The number of pyridine rings is 1. The Labute approximate surface area is 191 Å². The van der Waals surface area contributed by atoms with Gasteiger partial charge in [-0.1, -0.05) is 25.4 Å². The summed E-state index contributed by atoms with van der Waals surface area (Å²) in [6, 6.07) is 6.63. The number of carbonyl (C=O) groups excluding carboxylic acids is 2. The first-order valence-corrected chi connectivity index (χ1v) is 10.7. The van der Waals surface area contributed by atoms with Gasteiger partial charge in [-0.25, -0.2) is 14.5 Å². The average molecular weight is 459 g/mol. The van der Waals surface area contributed by atoms with Crippen LogP contribution in [0.25, 0.3) is 11.0 Å². The van der Waals surface area contributed by atoms with Crippen LogP contribution >= 0.6 is 11.6 Å². The number of methoxy groups -OCH3 is 1. The second-order valence-corrected chi connectivity index (χ2v) is 8.49. The zero-order chi connectivity index (χ0) is 23.6. The van der Waals surface area contributed by atoms with E-state index in [1.807, 2.05) is 27.7 Å². The molecule has 0 radical (unpaired) electrons. The molecule has 1 amide bonds. The van der Waals surface area contributed by atoms with Crippen LogP contribution in [0, 0.1) is 0 Å². The molecule has 0 fully saturated rings. The third-order valence-electron chi connectivity index (χ3n) is 4.96. The number of nitrogens with zero attached hydrogens (tertiary/aromatic N) is 3. The predicted octanol–water partition coefficient (Wildman–Crippen LogP) is 4.98. The van der Waals surface area contributed by atoms with E-state index in [0.29, 0.717) is 33.1 Å². The number of aromatic nitrogens is 3. The van der Waals surface area contributed by atoms with Gasteiger partial charge in [-0.05, 0) is 51.0 Å². The number of halogens is 1. The smallest absolute Gasteiger partial charge is 0.339 e. The number of carbonyl (C=O) groups is 2. The third kappa shape index (κ3) is 4.85. The molecule has 0 aliphatic heterocycles. The number of hydrogen-bond donors (Lipinski definition) is 1. The largest absolute Gasteiger partial charge is 0.495 e. The maximum Gasteiger partial charge on any atom is 0.339 e. The SMILES string of the molecule is COc1ccc(Cl)cc1NC(=O)C(C)OC(=O)c1cc(C(C)C)nc2c1cnn2C(C)C. The fourth-order valence-electron chi connectivity index (χ4n) is 3.17. The van der Waals surface area contributed by atoms with Crippen molar-refractivity contribution in [2.45, 2.75) is 52.7 Å². The van der Waals surface area contributed by atoms with E-state index in [2.05, 4.69) is 15.4 Å². The molecule has 1 N–H and O–H groups in total. The molecule has 3 rings (SSSR count).